The second kappa shape index (κ2) is 6.42. The van der Waals surface area contributed by atoms with E-state index >= 15 is 0 Å². The number of likely N-dealkylation sites (tertiary alicyclic amines) is 1. The van der Waals surface area contributed by atoms with Gasteiger partial charge in [-0.05, 0) is 38.9 Å². The largest absolute Gasteiger partial charge is 0.329 e. The normalized spacial score (nSPS) is 18.5. The fraction of sp³-hybridized carbons (Fsp3) is 1.00. The highest BCUT2D eigenvalue weighted by atomic mass is 32.2. The molecule has 0 bridgehead atoms. The van der Waals surface area contributed by atoms with Crippen molar-refractivity contribution in [3.63, 3.8) is 0 Å². The lowest BCUT2D eigenvalue weighted by molar-refractivity contribution is 0.334. The van der Waals surface area contributed by atoms with Gasteiger partial charge < -0.3 is 10.6 Å². The minimum atomic E-state index is -3.12. The van der Waals surface area contributed by atoms with Crippen LogP contribution in [0.4, 0.5) is 0 Å². The van der Waals surface area contributed by atoms with Gasteiger partial charge in [0, 0.05) is 13.1 Å². The summed E-state index contributed by atoms with van der Waals surface area (Å²) in [4.78, 5) is 2.37. The summed E-state index contributed by atoms with van der Waals surface area (Å²) in [5.74, 6) is 0.0245. The van der Waals surface area contributed by atoms with E-state index < -0.39 is 10.0 Å². The van der Waals surface area contributed by atoms with Gasteiger partial charge in [-0.25, -0.2) is 13.1 Å². The lowest BCUT2D eigenvalue weighted by atomic mass is 10.4. The number of hydrogen-bond acceptors (Lipinski definition) is 4. The Balaban J connectivity index is 2.05. The third-order valence-electron chi connectivity index (χ3n) is 2.56. The quantitative estimate of drug-likeness (QED) is 0.575. The summed E-state index contributed by atoms with van der Waals surface area (Å²) >= 11 is 0. The van der Waals surface area contributed by atoms with Crippen molar-refractivity contribution in [2.24, 2.45) is 5.73 Å². The molecule has 0 aliphatic carbocycles. The van der Waals surface area contributed by atoms with Crippen molar-refractivity contribution in [3.05, 3.63) is 0 Å². The summed E-state index contributed by atoms with van der Waals surface area (Å²) in [6, 6.07) is 0. The molecule has 5 nitrogen and oxygen atoms in total. The van der Waals surface area contributed by atoms with Crippen LogP contribution in [-0.4, -0.2) is 51.8 Å². The van der Waals surface area contributed by atoms with Crippen LogP contribution in [0.3, 0.4) is 0 Å². The van der Waals surface area contributed by atoms with Crippen LogP contribution in [0.15, 0.2) is 0 Å². The molecule has 0 atom stereocenters. The van der Waals surface area contributed by atoms with E-state index in [4.69, 9.17) is 5.73 Å². The fourth-order valence-electron chi connectivity index (χ4n) is 1.76. The maximum absolute atomic E-state index is 11.2. The van der Waals surface area contributed by atoms with Crippen molar-refractivity contribution < 1.29 is 8.42 Å². The van der Waals surface area contributed by atoms with Gasteiger partial charge >= 0.3 is 0 Å². The van der Waals surface area contributed by atoms with Crippen LogP contribution in [0.25, 0.3) is 0 Å². The van der Waals surface area contributed by atoms with Crippen molar-refractivity contribution in [2.75, 3.05) is 38.5 Å². The first-order chi connectivity index (χ1) is 7.14. The van der Waals surface area contributed by atoms with Crippen LogP contribution in [0.1, 0.15) is 19.3 Å². The molecular formula is C9H21N3O2S. The third kappa shape index (κ3) is 5.46. The van der Waals surface area contributed by atoms with Gasteiger partial charge in [0.05, 0.1) is 5.75 Å². The van der Waals surface area contributed by atoms with Crippen molar-refractivity contribution >= 4 is 10.0 Å². The molecule has 90 valence electrons. The lowest BCUT2D eigenvalue weighted by Crippen LogP contribution is -2.32. The fourth-order valence-corrected chi connectivity index (χ4v) is 2.67. The highest BCUT2D eigenvalue weighted by Gasteiger charge is 2.11. The summed E-state index contributed by atoms with van der Waals surface area (Å²) < 4.78 is 25.0. The molecule has 1 rings (SSSR count). The van der Waals surface area contributed by atoms with E-state index in [1.165, 1.54) is 12.8 Å². The summed E-state index contributed by atoms with van der Waals surface area (Å²) in [5, 5.41) is 0. The number of rotatable bonds is 7. The molecule has 1 heterocycles. The molecule has 15 heavy (non-hydrogen) atoms. The van der Waals surface area contributed by atoms with Crippen LogP contribution in [-0.2, 0) is 10.0 Å². The molecule has 0 spiro atoms. The maximum Gasteiger partial charge on any atom is 0.212 e. The second-order valence-corrected chi connectivity index (χ2v) is 5.83. The Hall–Kier alpha value is -0.170. The first kappa shape index (κ1) is 12.9. The first-order valence-corrected chi connectivity index (χ1v) is 7.19. The Morgan fingerprint density at radius 2 is 1.93 bits per heavy atom. The Morgan fingerprint density at radius 1 is 1.27 bits per heavy atom. The van der Waals surface area contributed by atoms with Crippen LogP contribution in [0, 0.1) is 0 Å². The zero-order chi connectivity index (χ0) is 11.1. The van der Waals surface area contributed by atoms with Gasteiger partial charge in [-0.2, -0.15) is 0 Å². The van der Waals surface area contributed by atoms with Gasteiger partial charge in [-0.3, -0.25) is 0 Å². The minimum Gasteiger partial charge on any atom is -0.329 e. The van der Waals surface area contributed by atoms with Crippen molar-refractivity contribution in [2.45, 2.75) is 19.3 Å². The molecule has 0 aromatic carbocycles. The molecule has 1 fully saturated rings. The number of nitrogens with one attached hydrogen (secondary N) is 1. The lowest BCUT2D eigenvalue weighted by Gasteiger charge is -2.14. The monoisotopic (exact) mass is 235 g/mol. The average molecular weight is 235 g/mol. The van der Waals surface area contributed by atoms with Crippen molar-refractivity contribution in [1.29, 1.82) is 0 Å². The van der Waals surface area contributed by atoms with Gasteiger partial charge in [0.25, 0.3) is 0 Å². The molecule has 0 radical (unpaired) electrons. The number of nitrogens with two attached hydrogens (primary N) is 1. The molecule has 1 saturated heterocycles. The molecule has 0 amide bonds. The number of nitrogens with zero attached hydrogens (tertiary/aromatic N) is 1. The smallest absolute Gasteiger partial charge is 0.212 e. The Morgan fingerprint density at radius 3 is 2.53 bits per heavy atom. The Kier molecular flexibility index (Phi) is 5.52. The summed E-state index contributed by atoms with van der Waals surface area (Å²) in [6.45, 7) is 4.02. The second-order valence-electron chi connectivity index (χ2n) is 3.90. The molecule has 1 aliphatic rings. The molecule has 6 heteroatoms. The van der Waals surface area contributed by atoms with E-state index in [9.17, 15) is 8.42 Å². The number of sulfonamides is 1. The van der Waals surface area contributed by atoms with Gasteiger partial charge in [0.1, 0.15) is 0 Å². The Labute approximate surface area is 92.1 Å². The molecule has 1 aliphatic heterocycles. The summed E-state index contributed by atoms with van der Waals surface area (Å²) in [7, 11) is -3.12. The molecule has 0 aromatic heterocycles. The third-order valence-corrected chi connectivity index (χ3v) is 3.98. The standard InChI is InChI=1S/C9H21N3O2S/c10-4-9-15(13,14)11-5-3-8-12-6-1-2-7-12/h11H,1-10H2. The predicted molar refractivity (Wildman–Crippen MR) is 61.1 cm³/mol. The zero-order valence-corrected chi connectivity index (χ0v) is 9.93. The maximum atomic E-state index is 11.2. The average Bonchev–Trinajstić information content (AvgIpc) is 2.65. The van der Waals surface area contributed by atoms with E-state index in [0.29, 0.717) is 6.54 Å². The van der Waals surface area contributed by atoms with E-state index in [-0.39, 0.29) is 12.3 Å². The van der Waals surface area contributed by atoms with E-state index in [2.05, 4.69) is 9.62 Å². The molecule has 0 unspecified atom stereocenters. The van der Waals surface area contributed by atoms with E-state index in [0.717, 1.165) is 26.1 Å². The van der Waals surface area contributed by atoms with Gasteiger partial charge in [-0.15, -0.1) is 0 Å². The van der Waals surface area contributed by atoms with Crippen LogP contribution >= 0.6 is 0 Å². The number of hydrogen-bond donors (Lipinski definition) is 2. The van der Waals surface area contributed by atoms with E-state index in [1.54, 1.807) is 0 Å². The zero-order valence-electron chi connectivity index (χ0n) is 9.11. The Bertz CT molecular complexity index is 261. The predicted octanol–water partition coefficient (Wildman–Crippen LogP) is -0.650. The van der Waals surface area contributed by atoms with Gasteiger partial charge in [-0.1, -0.05) is 0 Å². The van der Waals surface area contributed by atoms with Crippen molar-refractivity contribution in [1.82, 2.24) is 9.62 Å². The summed E-state index contributed by atoms with van der Waals surface area (Å²) in [5.41, 5.74) is 5.19. The molecule has 3 N–H and O–H groups in total. The van der Waals surface area contributed by atoms with Crippen LogP contribution in [0.5, 0.6) is 0 Å². The van der Waals surface area contributed by atoms with Gasteiger partial charge in [0.15, 0.2) is 0 Å². The van der Waals surface area contributed by atoms with Crippen LogP contribution < -0.4 is 10.5 Å². The highest BCUT2D eigenvalue weighted by Crippen LogP contribution is 2.06. The SMILES string of the molecule is NCCS(=O)(=O)NCCCN1CCCC1. The van der Waals surface area contributed by atoms with Crippen LogP contribution in [0.2, 0.25) is 0 Å². The molecule has 0 aromatic rings. The molecule has 0 saturated carbocycles. The van der Waals surface area contributed by atoms with Gasteiger partial charge in [0.2, 0.25) is 10.0 Å². The molecular weight excluding hydrogens is 214 g/mol. The van der Waals surface area contributed by atoms with Crippen molar-refractivity contribution in [3.8, 4) is 0 Å². The summed E-state index contributed by atoms with van der Waals surface area (Å²) in [6.07, 6.45) is 3.43. The minimum absolute atomic E-state index is 0.0245. The van der Waals surface area contributed by atoms with E-state index in [1.807, 2.05) is 0 Å². The highest BCUT2D eigenvalue weighted by molar-refractivity contribution is 7.89. The first-order valence-electron chi connectivity index (χ1n) is 5.54. The topological polar surface area (TPSA) is 75.4 Å².